The Morgan fingerprint density at radius 3 is 2.57 bits per heavy atom. The average molecular weight is 330 g/mol. The molecule has 1 N–H and O–H groups in total. The van der Waals surface area contributed by atoms with Crippen molar-refractivity contribution in [3.63, 3.8) is 0 Å². The predicted molar refractivity (Wildman–Crippen MR) is 91.5 cm³/mol. The minimum Gasteiger partial charge on any atom is -0.388 e. The fourth-order valence-corrected chi connectivity index (χ4v) is 3.40. The number of carbonyl (C=O) groups is 1. The molecular weight excluding hydrogens is 310 g/mol. The Balaban J connectivity index is 1.73. The van der Waals surface area contributed by atoms with E-state index >= 15 is 0 Å². The van der Waals surface area contributed by atoms with Gasteiger partial charge in [-0.2, -0.15) is 0 Å². The molecule has 0 radical (unpaired) electrons. The number of amides is 1. The molecule has 2 aromatic rings. The third-order valence-electron chi connectivity index (χ3n) is 4.44. The highest BCUT2D eigenvalue weighted by atomic mass is 35.5. The number of benzene rings is 2. The van der Waals surface area contributed by atoms with Crippen LogP contribution in [0, 0.1) is 5.92 Å². The average Bonchev–Trinajstić information content (AvgIpc) is 2.62. The second-order valence-corrected chi connectivity index (χ2v) is 6.40. The van der Waals surface area contributed by atoms with Gasteiger partial charge in [-0.25, -0.2) is 0 Å². The Labute approximate surface area is 141 Å². The van der Waals surface area contributed by atoms with Crippen molar-refractivity contribution in [3.05, 3.63) is 70.7 Å². The van der Waals surface area contributed by atoms with E-state index in [-0.39, 0.29) is 11.8 Å². The topological polar surface area (TPSA) is 40.5 Å². The van der Waals surface area contributed by atoms with Crippen molar-refractivity contribution in [2.75, 3.05) is 13.1 Å². The SMILES string of the molecule is O=C(c1ccccc1Cl)N1CCCC([C@H](O)c2ccccc2)C1. The lowest BCUT2D eigenvalue weighted by Crippen LogP contribution is -2.41. The van der Waals surface area contributed by atoms with E-state index < -0.39 is 6.10 Å². The number of halogens is 1. The summed E-state index contributed by atoms with van der Waals surface area (Å²) in [6, 6.07) is 16.8. The first-order chi connectivity index (χ1) is 11.2. The predicted octanol–water partition coefficient (Wildman–Crippen LogP) is 3.93. The molecule has 2 aromatic carbocycles. The molecule has 1 unspecified atom stereocenters. The van der Waals surface area contributed by atoms with E-state index in [0.29, 0.717) is 23.7 Å². The van der Waals surface area contributed by atoms with Crippen LogP contribution in [0.5, 0.6) is 0 Å². The van der Waals surface area contributed by atoms with Crippen LogP contribution in [0.4, 0.5) is 0 Å². The van der Waals surface area contributed by atoms with Crippen molar-refractivity contribution >= 4 is 17.5 Å². The third kappa shape index (κ3) is 3.57. The molecule has 23 heavy (non-hydrogen) atoms. The molecule has 1 saturated heterocycles. The first kappa shape index (κ1) is 16.0. The molecule has 1 amide bonds. The van der Waals surface area contributed by atoms with E-state index in [1.54, 1.807) is 12.1 Å². The van der Waals surface area contributed by atoms with E-state index in [4.69, 9.17) is 11.6 Å². The number of piperidine rings is 1. The minimum absolute atomic E-state index is 0.0533. The highest BCUT2D eigenvalue weighted by molar-refractivity contribution is 6.33. The Bertz CT molecular complexity index is 674. The van der Waals surface area contributed by atoms with Crippen molar-refractivity contribution in [2.45, 2.75) is 18.9 Å². The standard InChI is InChI=1S/C19H20ClNO2/c20-17-11-5-4-10-16(17)19(23)21-12-6-9-15(13-21)18(22)14-7-2-1-3-8-14/h1-5,7-8,10-11,15,18,22H,6,9,12-13H2/t15?,18-/m1/s1. The molecule has 2 atom stereocenters. The summed E-state index contributed by atoms with van der Waals surface area (Å²) in [6.45, 7) is 1.27. The summed E-state index contributed by atoms with van der Waals surface area (Å²) in [4.78, 5) is 14.5. The molecule has 1 aliphatic rings. The van der Waals surface area contributed by atoms with Crippen molar-refractivity contribution < 1.29 is 9.90 Å². The van der Waals surface area contributed by atoms with Gasteiger partial charge in [-0.15, -0.1) is 0 Å². The van der Waals surface area contributed by atoms with Gasteiger partial charge in [0.25, 0.3) is 5.91 Å². The van der Waals surface area contributed by atoms with Crippen molar-refractivity contribution in [2.24, 2.45) is 5.92 Å². The van der Waals surface area contributed by atoms with Crippen LogP contribution in [-0.2, 0) is 0 Å². The molecule has 0 spiro atoms. The Kier molecular flexibility index (Phi) is 4.99. The molecular formula is C19H20ClNO2. The number of aliphatic hydroxyl groups is 1. The summed E-state index contributed by atoms with van der Waals surface area (Å²) in [7, 11) is 0. The van der Waals surface area contributed by atoms with Gasteiger partial charge in [0.2, 0.25) is 0 Å². The van der Waals surface area contributed by atoms with Crippen molar-refractivity contribution in [1.29, 1.82) is 0 Å². The molecule has 120 valence electrons. The van der Waals surface area contributed by atoms with E-state index in [0.717, 1.165) is 18.4 Å². The number of nitrogens with zero attached hydrogens (tertiary/aromatic N) is 1. The molecule has 1 fully saturated rings. The van der Waals surface area contributed by atoms with Crippen LogP contribution in [0.2, 0.25) is 5.02 Å². The largest absolute Gasteiger partial charge is 0.388 e. The van der Waals surface area contributed by atoms with Gasteiger partial charge in [0.15, 0.2) is 0 Å². The fourth-order valence-electron chi connectivity index (χ4n) is 3.18. The van der Waals surface area contributed by atoms with E-state index in [1.807, 2.05) is 47.4 Å². The zero-order chi connectivity index (χ0) is 16.2. The lowest BCUT2D eigenvalue weighted by atomic mass is 9.88. The van der Waals surface area contributed by atoms with Gasteiger partial charge in [0.1, 0.15) is 0 Å². The van der Waals surface area contributed by atoms with Crippen LogP contribution in [0.15, 0.2) is 54.6 Å². The highest BCUT2D eigenvalue weighted by Gasteiger charge is 2.30. The van der Waals surface area contributed by atoms with E-state index in [1.165, 1.54) is 0 Å². The molecule has 0 saturated carbocycles. The van der Waals surface area contributed by atoms with Gasteiger partial charge in [-0.05, 0) is 30.5 Å². The van der Waals surface area contributed by atoms with Crippen LogP contribution in [0.1, 0.15) is 34.9 Å². The molecule has 1 heterocycles. The molecule has 1 aliphatic heterocycles. The normalized spacial score (nSPS) is 19.4. The van der Waals surface area contributed by atoms with Crippen LogP contribution in [-0.4, -0.2) is 29.0 Å². The summed E-state index contributed by atoms with van der Waals surface area (Å²) >= 11 is 6.14. The smallest absolute Gasteiger partial charge is 0.255 e. The number of rotatable bonds is 3. The number of hydrogen-bond donors (Lipinski definition) is 1. The van der Waals surface area contributed by atoms with Gasteiger partial charge < -0.3 is 10.0 Å². The quantitative estimate of drug-likeness (QED) is 0.927. The zero-order valence-corrected chi connectivity index (χ0v) is 13.6. The number of likely N-dealkylation sites (tertiary alicyclic amines) is 1. The van der Waals surface area contributed by atoms with Crippen molar-refractivity contribution in [3.8, 4) is 0 Å². The molecule has 3 nitrogen and oxygen atoms in total. The van der Waals surface area contributed by atoms with Gasteiger partial charge in [0.05, 0.1) is 16.7 Å². The van der Waals surface area contributed by atoms with Crippen LogP contribution in [0.25, 0.3) is 0 Å². The summed E-state index contributed by atoms with van der Waals surface area (Å²) < 4.78 is 0. The number of hydrogen-bond acceptors (Lipinski definition) is 2. The number of carbonyl (C=O) groups excluding carboxylic acids is 1. The Hall–Kier alpha value is -1.84. The Morgan fingerprint density at radius 2 is 1.83 bits per heavy atom. The fraction of sp³-hybridized carbons (Fsp3) is 0.316. The van der Waals surface area contributed by atoms with E-state index in [2.05, 4.69) is 0 Å². The van der Waals surface area contributed by atoms with Crippen LogP contribution in [0.3, 0.4) is 0 Å². The maximum absolute atomic E-state index is 12.7. The second-order valence-electron chi connectivity index (χ2n) is 5.99. The lowest BCUT2D eigenvalue weighted by molar-refractivity contribution is 0.0401. The number of aliphatic hydroxyl groups excluding tert-OH is 1. The first-order valence-electron chi connectivity index (χ1n) is 7.93. The molecule has 0 aliphatic carbocycles. The Morgan fingerprint density at radius 1 is 1.13 bits per heavy atom. The van der Waals surface area contributed by atoms with Crippen LogP contribution >= 0.6 is 11.6 Å². The van der Waals surface area contributed by atoms with Crippen LogP contribution < -0.4 is 0 Å². The third-order valence-corrected chi connectivity index (χ3v) is 4.77. The van der Waals surface area contributed by atoms with Gasteiger partial charge in [-0.3, -0.25) is 4.79 Å². The maximum atomic E-state index is 12.7. The molecule has 3 rings (SSSR count). The minimum atomic E-state index is -0.543. The zero-order valence-electron chi connectivity index (χ0n) is 12.9. The maximum Gasteiger partial charge on any atom is 0.255 e. The van der Waals surface area contributed by atoms with Crippen molar-refractivity contribution in [1.82, 2.24) is 4.90 Å². The summed E-state index contributed by atoms with van der Waals surface area (Å²) in [6.07, 6.45) is 1.27. The molecule has 4 heteroatoms. The lowest BCUT2D eigenvalue weighted by Gasteiger charge is -2.35. The monoisotopic (exact) mass is 329 g/mol. The first-order valence-corrected chi connectivity index (χ1v) is 8.31. The summed E-state index contributed by atoms with van der Waals surface area (Å²) in [5.74, 6) is -0.00171. The van der Waals surface area contributed by atoms with Gasteiger partial charge >= 0.3 is 0 Å². The summed E-state index contributed by atoms with van der Waals surface area (Å²) in [5, 5.41) is 11.1. The van der Waals surface area contributed by atoms with Gasteiger partial charge in [-0.1, -0.05) is 54.1 Å². The van der Waals surface area contributed by atoms with Gasteiger partial charge in [0, 0.05) is 19.0 Å². The van der Waals surface area contributed by atoms with E-state index in [9.17, 15) is 9.90 Å². The highest BCUT2D eigenvalue weighted by Crippen LogP contribution is 2.30. The molecule has 0 bridgehead atoms. The second kappa shape index (κ2) is 7.16. The molecule has 0 aromatic heterocycles. The summed E-state index contributed by atoms with van der Waals surface area (Å²) in [5.41, 5.74) is 1.44.